The van der Waals surface area contributed by atoms with E-state index in [1.807, 2.05) is 0 Å². The number of benzene rings is 4. The van der Waals surface area contributed by atoms with Crippen molar-refractivity contribution < 1.29 is 22.3 Å². The van der Waals surface area contributed by atoms with Gasteiger partial charge < -0.3 is 4.74 Å². The normalized spacial score (nSPS) is 11.2. The average molecular weight is 495 g/mol. The van der Waals surface area contributed by atoms with Crippen LogP contribution in [0.3, 0.4) is 0 Å². The van der Waals surface area contributed by atoms with Crippen LogP contribution >= 0.6 is 0 Å². The summed E-state index contributed by atoms with van der Waals surface area (Å²) in [6, 6.07) is 16.7. The predicted octanol–water partition coefficient (Wildman–Crippen LogP) is 9.20. The maximum atomic E-state index is 15.2. The zero-order chi connectivity index (χ0) is 25.5. The Kier molecular flexibility index (Phi) is 8.63. The van der Waals surface area contributed by atoms with E-state index in [9.17, 15) is 13.2 Å². The van der Waals surface area contributed by atoms with E-state index in [4.69, 9.17) is 4.74 Å². The van der Waals surface area contributed by atoms with Crippen LogP contribution in [0.1, 0.15) is 50.2 Å². The SMILES string of the molecule is CCCCCCCOc1cc(F)c(-c2ccc3c(F)c(CCc4ccc(F)cc4)ccc3c2)c(F)c1. The van der Waals surface area contributed by atoms with Crippen LogP contribution in [-0.4, -0.2) is 6.61 Å². The second-order valence-electron chi connectivity index (χ2n) is 9.13. The standard InChI is InChI=1S/C31H30F4O/c1-2-3-4-5-6-17-36-26-19-28(33)30(29(34)20-26)24-13-16-27-23(18-24)12-11-22(31(27)35)10-7-21-8-14-25(32)15-9-21/h8-9,11-16,18-20H,2-7,10,17H2,1H3. The largest absolute Gasteiger partial charge is 0.493 e. The molecule has 4 rings (SSSR count). The van der Waals surface area contributed by atoms with Crippen LogP contribution in [0, 0.1) is 23.3 Å². The Morgan fingerprint density at radius 1 is 0.694 bits per heavy atom. The second-order valence-corrected chi connectivity index (χ2v) is 9.13. The molecule has 1 nitrogen and oxygen atoms in total. The van der Waals surface area contributed by atoms with Gasteiger partial charge in [0.15, 0.2) is 0 Å². The molecule has 0 amide bonds. The highest BCUT2D eigenvalue weighted by Crippen LogP contribution is 2.33. The van der Waals surface area contributed by atoms with Gasteiger partial charge in [0.2, 0.25) is 0 Å². The number of fused-ring (bicyclic) bond motifs is 1. The third-order valence-corrected chi connectivity index (χ3v) is 6.45. The van der Waals surface area contributed by atoms with E-state index in [-0.39, 0.29) is 22.9 Å². The average Bonchev–Trinajstić information content (AvgIpc) is 2.86. The van der Waals surface area contributed by atoms with Gasteiger partial charge >= 0.3 is 0 Å². The third kappa shape index (κ3) is 6.26. The monoisotopic (exact) mass is 494 g/mol. The smallest absolute Gasteiger partial charge is 0.137 e. The molecule has 0 heterocycles. The van der Waals surface area contributed by atoms with Crippen LogP contribution in [0.2, 0.25) is 0 Å². The van der Waals surface area contributed by atoms with Crippen LogP contribution in [0.5, 0.6) is 5.75 Å². The Bertz CT molecular complexity index is 1290. The van der Waals surface area contributed by atoms with Crippen molar-refractivity contribution in [3.8, 4) is 16.9 Å². The lowest BCUT2D eigenvalue weighted by Gasteiger charge is -2.12. The summed E-state index contributed by atoms with van der Waals surface area (Å²) in [5, 5.41) is 0.945. The summed E-state index contributed by atoms with van der Waals surface area (Å²) in [7, 11) is 0. The van der Waals surface area contributed by atoms with Gasteiger partial charge in [-0.25, -0.2) is 17.6 Å². The Morgan fingerprint density at radius 3 is 2.14 bits per heavy atom. The molecular formula is C31H30F4O. The fraction of sp³-hybridized carbons (Fsp3) is 0.290. The van der Waals surface area contributed by atoms with Gasteiger partial charge in [0, 0.05) is 17.5 Å². The van der Waals surface area contributed by atoms with E-state index >= 15 is 4.39 Å². The molecule has 5 heteroatoms. The first-order chi connectivity index (χ1) is 17.5. The number of rotatable bonds is 11. The summed E-state index contributed by atoms with van der Waals surface area (Å²) in [4.78, 5) is 0. The van der Waals surface area contributed by atoms with Crippen molar-refractivity contribution in [2.45, 2.75) is 51.9 Å². The molecule has 36 heavy (non-hydrogen) atoms. The molecule has 0 N–H and O–H groups in total. The van der Waals surface area contributed by atoms with Gasteiger partial charge in [0.05, 0.1) is 12.2 Å². The quantitative estimate of drug-likeness (QED) is 0.149. The van der Waals surface area contributed by atoms with Gasteiger partial charge in [-0.2, -0.15) is 0 Å². The molecule has 4 aromatic rings. The van der Waals surface area contributed by atoms with E-state index < -0.39 is 11.6 Å². The molecule has 0 fully saturated rings. The van der Waals surface area contributed by atoms with Crippen molar-refractivity contribution >= 4 is 10.8 Å². The highest BCUT2D eigenvalue weighted by Gasteiger charge is 2.16. The first kappa shape index (κ1) is 25.7. The van der Waals surface area contributed by atoms with Gasteiger partial charge in [-0.1, -0.05) is 69.0 Å². The van der Waals surface area contributed by atoms with Crippen LogP contribution in [-0.2, 0) is 12.8 Å². The highest BCUT2D eigenvalue weighted by atomic mass is 19.1. The van der Waals surface area contributed by atoms with E-state index in [1.54, 1.807) is 36.4 Å². The fourth-order valence-corrected chi connectivity index (χ4v) is 4.42. The Hall–Kier alpha value is -3.34. The molecule has 0 unspecified atom stereocenters. The zero-order valence-electron chi connectivity index (χ0n) is 20.4. The number of hydrogen-bond acceptors (Lipinski definition) is 1. The third-order valence-electron chi connectivity index (χ3n) is 6.45. The van der Waals surface area contributed by atoms with Crippen LogP contribution in [0.4, 0.5) is 17.6 Å². The number of hydrogen-bond donors (Lipinski definition) is 0. The predicted molar refractivity (Wildman–Crippen MR) is 137 cm³/mol. The molecule has 0 saturated heterocycles. The van der Waals surface area contributed by atoms with Gasteiger partial charge in [-0.15, -0.1) is 0 Å². The molecule has 0 spiro atoms. The highest BCUT2D eigenvalue weighted by molar-refractivity contribution is 5.88. The molecule has 4 aromatic carbocycles. The zero-order valence-corrected chi connectivity index (χ0v) is 20.4. The first-order valence-corrected chi connectivity index (χ1v) is 12.5. The summed E-state index contributed by atoms with van der Waals surface area (Å²) in [5.74, 6) is -1.93. The molecule has 0 atom stereocenters. The Balaban J connectivity index is 1.48. The van der Waals surface area contributed by atoms with Gasteiger partial charge in [-0.3, -0.25) is 0 Å². The molecule has 0 aliphatic rings. The molecule has 0 aromatic heterocycles. The van der Waals surface area contributed by atoms with Gasteiger partial charge in [0.25, 0.3) is 0 Å². The summed E-state index contributed by atoms with van der Waals surface area (Å²) in [6.45, 7) is 2.56. The second kappa shape index (κ2) is 12.1. The van der Waals surface area contributed by atoms with Crippen molar-refractivity contribution in [2.24, 2.45) is 0 Å². The maximum absolute atomic E-state index is 15.2. The van der Waals surface area contributed by atoms with Crippen molar-refractivity contribution in [3.63, 3.8) is 0 Å². The minimum absolute atomic E-state index is 0.159. The lowest BCUT2D eigenvalue weighted by Crippen LogP contribution is -2.00. The lowest BCUT2D eigenvalue weighted by molar-refractivity contribution is 0.301. The molecule has 0 aliphatic heterocycles. The Morgan fingerprint density at radius 2 is 1.42 bits per heavy atom. The molecule has 0 aliphatic carbocycles. The van der Waals surface area contributed by atoms with E-state index in [2.05, 4.69) is 6.92 Å². The number of aryl methyl sites for hydroxylation is 2. The maximum Gasteiger partial charge on any atom is 0.137 e. The number of unbranched alkanes of at least 4 members (excludes halogenated alkanes) is 4. The topological polar surface area (TPSA) is 9.23 Å². The van der Waals surface area contributed by atoms with Crippen molar-refractivity contribution in [1.82, 2.24) is 0 Å². The van der Waals surface area contributed by atoms with Crippen LogP contribution < -0.4 is 4.74 Å². The van der Waals surface area contributed by atoms with Crippen molar-refractivity contribution in [1.29, 1.82) is 0 Å². The molecular weight excluding hydrogens is 464 g/mol. The minimum atomic E-state index is -0.716. The minimum Gasteiger partial charge on any atom is -0.493 e. The summed E-state index contributed by atoms with van der Waals surface area (Å²) in [5.41, 5.74) is 1.63. The summed E-state index contributed by atoms with van der Waals surface area (Å²) >= 11 is 0. The molecule has 188 valence electrons. The van der Waals surface area contributed by atoms with Gasteiger partial charge in [0.1, 0.15) is 29.0 Å². The van der Waals surface area contributed by atoms with E-state index in [0.29, 0.717) is 41.3 Å². The molecule has 0 radical (unpaired) electrons. The first-order valence-electron chi connectivity index (χ1n) is 12.5. The van der Waals surface area contributed by atoms with Gasteiger partial charge in [-0.05, 0) is 59.5 Å². The summed E-state index contributed by atoms with van der Waals surface area (Å²) in [6.07, 6.45) is 6.35. The van der Waals surface area contributed by atoms with E-state index in [0.717, 1.165) is 31.2 Å². The summed E-state index contributed by atoms with van der Waals surface area (Å²) < 4.78 is 63.6. The number of ether oxygens (including phenoxy) is 1. The van der Waals surface area contributed by atoms with E-state index in [1.165, 1.54) is 36.8 Å². The van der Waals surface area contributed by atoms with Crippen LogP contribution in [0.25, 0.3) is 21.9 Å². The lowest BCUT2D eigenvalue weighted by atomic mass is 9.96. The fourth-order valence-electron chi connectivity index (χ4n) is 4.42. The molecule has 0 bridgehead atoms. The van der Waals surface area contributed by atoms with Crippen molar-refractivity contribution in [2.75, 3.05) is 6.61 Å². The van der Waals surface area contributed by atoms with Crippen molar-refractivity contribution in [3.05, 3.63) is 101 Å². The molecule has 0 saturated carbocycles. The van der Waals surface area contributed by atoms with Crippen LogP contribution in [0.15, 0.2) is 66.7 Å². The Labute approximate surface area is 209 Å². The number of halogens is 4.